The van der Waals surface area contributed by atoms with E-state index in [1.54, 1.807) is 12.1 Å². The molecule has 0 bridgehead atoms. The summed E-state index contributed by atoms with van der Waals surface area (Å²) >= 11 is 0. The molecule has 0 radical (unpaired) electrons. The highest BCUT2D eigenvalue weighted by Crippen LogP contribution is 2.37. The van der Waals surface area contributed by atoms with Crippen LogP contribution in [0.1, 0.15) is 12.8 Å². The fourth-order valence-electron chi connectivity index (χ4n) is 6.20. The van der Waals surface area contributed by atoms with Crippen molar-refractivity contribution in [3.63, 3.8) is 0 Å². The Kier molecular flexibility index (Phi) is 9.25. The highest BCUT2D eigenvalue weighted by atomic mass is 15.7. The molecule has 1 aliphatic rings. The van der Waals surface area contributed by atoms with Gasteiger partial charge in [0.05, 0.1) is 47.1 Å². The SMILES string of the molecule is Nc1cc(N=Nc2ccc[n+](CCCN3C=C[NH+]3CCC[n+]3cccc(N=Nc4cc(N)c(N)c5ccccc45)c3)c2)c2ccccc2c1N. The number of azo groups is 2. The zero-order valence-corrected chi connectivity index (χ0v) is 27.7. The number of rotatable bonds is 12. The summed E-state index contributed by atoms with van der Waals surface area (Å²) in [6, 6.07) is 27.1. The number of quaternary nitrogens is 1. The van der Waals surface area contributed by atoms with Gasteiger partial charge in [-0.2, -0.15) is 0 Å². The summed E-state index contributed by atoms with van der Waals surface area (Å²) < 4.78 is 4.31. The monoisotopic (exact) mass is 665 g/mol. The van der Waals surface area contributed by atoms with E-state index in [2.05, 4.69) is 59.4 Å². The topological polar surface area (TPSA) is 169 Å². The summed E-state index contributed by atoms with van der Waals surface area (Å²) in [6.45, 7) is 3.70. The molecule has 12 heteroatoms. The molecule has 7 rings (SSSR count). The lowest BCUT2D eigenvalue weighted by Crippen LogP contribution is -3.17. The molecule has 250 valence electrons. The number of aryl methyl sites for hydroxylation is 2. The van der Waals surface area contributed by atoms with Crippen LogP contribution in [0.3, 0.4) is 0 Å². The molecule has 6 aromatic rings. The third kappa shape index (κ3) is 7.05. The van der Waals surface area contributed by atoms with Gasteiger partial charge in [-0.1, -0.05) is 48.5 Å². The van der Waals surface area contributed by atoms with E-state index in [9.17, 15) is 0 Å². The third-order valence-electron chi connectivity index (χ3n) is 8.90. The molecular formula is C38H41N12+3. The Bertz CT molecular complexity index is 2100. The molecule has 1 unspecified atom stereocenters. The van der Waals surface area contributed by atoms with E-state index in [4.69, 9.17) is 22.9 Å². The van der Waals surface area contributed by atoms with Gasteiger partial charge in [0, 0.05) is 40.1 Å². The van der Waals surface area contributed by atoms with Gasteiger partial charge in [0.2, 0.25) is 0 Å². The molecule has 2 aromatic heterocycles. The first-order chi connectivity index (χ1) is 24.4. The summed E-state index contributed by atoms with van der Waals surface area (Å²) in [4.78, 5) is 0. The van der Waals surface area contributed by atoms with Crippen molar-refractivity contribution >= 4 is 67.0 Å². The lowest BCUT2D eigenvalue weighted by Gasteiger charge is -2.32. The van der Waals surface area contributed by atoms with Crippen LogP contribution >= 0.6 is 0 Å². The van der Waals surface area contributed by atoms with Crippen molar-refractivity contribution in [1.82, 2.24) is 5.01 Å². The van der Waals surface area contributed by atoms with Crippen LogP contribution in [0.5, 0.6) is 0 Å². The Hall–Kier alpha value is -6.40. The van der Waals surface area contributed by atoms with Gasteiger partial charge < -0.3 is 22.9 Å². The third-order valence-corrected chi connectivity index (χ3v) is 8.90. The van der Waals surface area contributed by atoms with Crippen molar-refractivity contribution in [2.45, 2.75) is 25.9 Å². The van der Waals surface area contributed by atoms with Crippen molar-refractivity contribution in [1.29, 1.82) is 0 Å². The van der Waals surface area contributed by atoms with Gasteiger partial charge in [-0.15, -0.1) is 20.5 Å². The Balaban J connectivity index is 0.889. The van der Waals surface area contributed by atoms with Crippen molar-refractivity contribution in [2.75, 3.05) is 36.0 Å². The van der Waals surface area contributed by atoms with E-state index in [1.165, 1.54) is 5.01 Å². The zero-order valence-electron chi connectivity index (χ0n) is 27.7. The molecule has 4 aromatic carbocycles. The van der Waals surface area contributed by atoms with Crippen molar-refractivity contribution in [3.05, 3.63) is 122 Å². The fourth-order valence-corrected chi connectivity index (χ4v) is 6.20. The van der Waals surface area contributed by atoms with Gasteiger partial charge in [0.25, 0.3) is 0 Å². The second-order valence-corrected chi connectivity index (χ2v) is 12.3. The number of pyridine rings is 2. The minimum atomic E-state index is 0.499. The number of anilines is 4. The molecule has 1 aliphatic heterocycles. The number of fused-ring (bicyclic) bond motifs is 2. The van der Waals surface area contributed by atoms with Crippen molar-refractivity contribution in [2.24, 2.45) is 20.5 Å². The first kappa shape index (κ1) is 32.2. The Morgan fingerprint density at radius 2 is 1.08 bits per heavy atom. The van der Waals surface area contributed by atoms with E-state index in [-0.39, 0.29) is 0 Å². The van der Waals surface area contributed by atoms with Crippen LogP contribution in [0.15, 0.2) is 143 Å². The number of hydrogen-bond donors (Lipinski definition) is 5. The van der Waals surface area contributed by atoms with E-state index < -0.39 is 0 Å². The van der Waals surface area contributed by atoms with E-state index in [0.29, 0.717) is 34.1 Å². The second kappa shape index (κ2) is 14.4. The number of nitrogens with two attached hydrogens (primary N) is 4. The summed E-state index contributed by atoms with van der Waals surface area (Å²) in [5.41, 5.74) is 29.7. The van der Waals surface area contributed by atoms with Gasteiger partial charge in [0.15, 0.2) is 31.3 Å². The Morgan fingerprint density at radius 1 is 0.580 bits per heavy atom. The molecule has 0 aliphatic carbocycles. The predicted octanol–water partition coefficient (Wildman–Crippen LogP) is 5.79. The van der Waals surface area contributed by atoms with E-state index >= 15 is 0 Å². The second-order valence-electron chi connectivity index (χ2n) is 12.3. The minimum absolute atomic E-state index is 0.499. The molecule has 0 saturated heterocycles. The molecule has 0 spiro atoms. The maximum absolute atomic E-state index is 6.18. The van der Waals surface area contributed by atoms with E-state index in [0.717, 1.165) is 71.9 Å². The molecule has 3 heterocycles. The number of aromatic nitrogens is 2. The largest absolute Gasteiger partial charge is 0.397 e. The summed E-state index contributed by atoms with van der Waals surface area (Å²) in [7, 11) is 0. The number of nitrogen functional groups attached to an aromatic ring is 4. The molecule has 9 N–H and O–H groups in total. The highest BCUT2D eigenvalue weighted by Gasteiger charge is 2.22. The molecular weight excluding hydrogens is 625 g/mol. The number of nitrogens with one attached hydrogen (secondary N) is 1. The number of nitrogens with zero attached hydrogens (tertiary/aromatic N) is 7. The van der Waals surface area contributed by atoms with Crippen molar-refractivity contribution in [3.8, 4) is 0 Å². The summed E-state index contributed by atoms with van der Waals surface area (Å²) in [5.74, 6) is 0. The molecule has 1 atom stereocenters. The Morgan fingerprint density at radius 3 is 1.58 bits per heavy atom. The van der Waals surface area contributed by atoms with Crippen LogP contribution in [0.25, 0.3) is 21.5 Å². The lowest BCUT2D eigenvalue weighted by atomic mass is 10.1. The minimum Gasteiger partial charge on any atom is -0.397 e. The van der Waals surface area contributed by atoms with Gasteiger partial charge in [-0.3, -0.25) is 0 Å². The standard InChI is InChI=1S/C38H40N12/c39-33-23-35(29-11-1-3-13-31(29)37(33)41)45-43-27-9-5-15-47(25-27)17-7-19-49-21-22-50(49)20-8-18-48-16-6-10-28(26-48)44-46-36-24-34(40)38(42)32-14-4-2-12-30(32)36/h1-6,9-16,21-26H,7-8,17-20,39-42H2/q+2/p+1. The number of benzene rings is 4. The normalized spacial score (nSPS) is 14.3. The van der Waals surface area contributed by atoms with Gasteiger partial charge in [-0.25, -0.2) is 19.2 Å². The molecule has 0 saturated carbocycles. The average Bonchev–Trinajstić information content (AvgIpc) is 3.13. The molecule has 50 heavy (non-hydrogen) atoms. The predicted molar refractivity (Wildman–Crippen MR) is 198 cm³/mol. The highest BCUT2D eigenvalue weighted by molar-refractivity contribution is 6.05. The van der Waals surface area contributed by atoms with Crippen LogP contribution in [-0.4, -0.2) is 18.1 Å². The summed E-state index contributed by atoms with van der Waals surface area (Å²) in [5, 5.41) is 25.4. The molecule has 12 nitrogen and oxygen atoms in total. The van der Waals surface area contributed by atoms with Crippen LogP contribution in [0, 0.1) is 0 Å². The van der Waals surface area contributed by atoms with E-state index in [1.807, 2.05) is 85.2 Å². The van der Waals surface area contributed by atoms with Gasteiger partial charge >= 0.3 is 0 Å². The van der Waals surface area contributed by atoms with Gasteiger partial charge in [0.1, 0.15) is 36.9 Å². The van der Waals surface area contributed by atoms with Crippen LogP contribution in [0.2, 0.25) is 0 Å². The zero-order chi connectivity index (χ0) is 34.5. The lowest BCUT2D eigenvalue weighted by molar-refractivity contribution is -0.986. The van der Waals surface area contributed by atoms with Crippen molar-refractivity contribution < 1.29 is 14.1 Å². The number of hydrogen-bond acceptors (Lipinski definition) is 9. The smallest absolute Gasteiger partial charge is 0.196 e. The first-order valence-electron chi connectivity index (χ1n) is 16.7. The van der Waals surface area contributed by atoms with Crippen LogP contribution in [0.4, 0.5) is 45.5 Å². The van der Waals surface area contributed by atoms with Gasteiger partial charge in [-0.05, 0) is 24.3 Å². The average molecular weight is 666 g/mol. The first-order valence-corrected chi connectivity index (χ1v) is 16.7. The molecule has 0 amide bonds. The van der Waals surface area contributed by atoms with Crippen LogP contribution in [-0.2, 0) is 13.1 Å². The maximum Gasteiger partial charge on any atom is 0.196 e. The molecule has 0 fully saturated rings. The van der Waals surface area contributed by atoms with Crippen LogP contribution < -0.4 is 37.1 Å². The fraction of sp³-hybridized carbons (Fsp3) is 0.158. The summed E-state index contributed by atoms with van der Waals surface area (Å²) in [6.07, 6.45) is 14.5. The Labute approximate surface area is 290 Å². The quantitative estimate of drug-likeness (QED) is 0.0632. The maximum atomic E-state index is 6.18.